The van der Waals surface area contributed by atoms with Crippen LogP contribution >= 0.6 is 11.3 Å². The van der Waals surface area contributed by atoms with Gasteiger partial charge in [0, 0.05) is 18.5 Å². The Morgan fingerprint density at radius 1 is 1.09 bits per heavy atom. The number of carbonyl (C=O) groups is 1. The molecule has 0 N–H and O–H groups in total. The normalized spacial score (nSPS) is 16.3. The number of rotatable bonds is 6. The summed E-state index contributed by atoms with van der Waals surface area (Å²) in [6, 6.07) is 15.3. The Hall–Kier alpha value is -3.06. The smallest absolute Gasteiger partial charge is 0.275 e. The van der Waals surface area contributed by atoms with E-state index in [2.05, 4.69) is 18.1 Å². The lowest BCUT2D eigenvalue weighted by Crippen LogP contribution is -2.34. The van der Waals surface area contributed by atoms with Crippen LogP contribution in [0.1, 0.15) is 60.6 Å². The monoisotopic (exact) mass is 446 g/mol. The van der Waals surface area contributed by atoms with Gasteiger partial charge in [0.25, 0.3) is 11.5 Å². The van der Waals surface area contributed by atoms with Crippen molar-refractivity contribution in [3.8, 4) is 0 Å². The molecule has 164 valence electrons. The van der Waals surface area contributed by atoms with Gasteiger partial charge in [-0.3, -0.25) is 9.59 Å². The summed E-state index contributed by atoms with van der Waals surface area (Å²) in [5.41, 5.74) is 1.21. The first-order valence-corrected chi connectivity index (χ1v) is 12.2. The van der Waals surface area contributed by atoms with Gasteiger partial charge in [-0.15, -0.1) is 11.3 Å². The van der Waals surface area contributed by atoms with E-state index in [-0.39, 0.29) is 17.5 Å². The van der Waals surface area contributed by atoms with Gasteiger partial charge in [0.1, 0.15) is 5.01 Å². The van der Waals surface area contributed by atoms with Gasteiger partial charge >= 0.3 is 0 Å². The third kappa shape index (κ3) is 3.71. The number of para-hydroxylation sites is 1. The highest BCUT2D eigenvalue weighted by atomic mass is 32.1. The van der Waals surface area contributed by atoms with Gasteiger partial charge in [-0.05, 0) is 37.5 Å². The van der Waals surface area contributed by atoms with Gasteiger partial charge in [-0.25, -0.2) is 9.67 Å². The zero-order valence-corrected chi connectivity index (χ0v) is 19.0. The van der Waals surface area contributed by atoms with Crippen molar-refractivity contribution in [3.05, 3.63) is 69.6 Å². The number of aromatic nitrogens is 3. The van der Waals surface area contributed by atoms with Crippen molar-refractivity contribution in [1.82, 2.24) is 19.7 Å². The van der Waals surface area contributed by atoms with Crippen LogP contribution in [0.15, 0.2) is 53.3 Å². The predicted molar refractivity (Wildman–Crippen MR) is 128 cm³/mol. The fourth-order valence-corrected chi connectivity index (χ4v) is 5.61. The summed E-state index contributed by atoms with van der Waals surface area (Å²) in [5, 5.41) is 6.74. The topological polar surface area (TPSA) is 68.1 Å². The number of hydrogen-bond acceptors (Lipinski definition) is 5. The average Bonchev–Trinajstić information content (AvgIpc) is 3.47. The lowest BCUT2D eigenvalue weighted by Gasteiger charge is -2.23. The molecular weight excluding hydrogens is 420 g/mol. The summed E-state index contributed by atoms with van der Waals surface area (Å²) in [5.74, 6) is -0.118. The number of thiazole rings is 1. The van der Waals surface area contributed by atoms with Crippen LogP contribution in [0.5, 0.6) is 0 Å². The van der Waals surface area contributed by atoms with E-state index in [4.69, 9.17) is 4.98 Å². The predicted octanol–water partition coefficient (Wildman–Crippen LogP) is 5.17. The Bertz CT molecular complexity index is 1310. The van der Waals surface area contributed by atoms with Gasteiger partial charge in [0.2, 0.25) is 0 Å². The molecule has 1 atom stereocenters. The van der Waals surface area contributed by atoms with Crippen molar-refractivity contribution in [2.24, 2.45) is 0 Å². The molecule has 2 aromatic heterocycles. The van der Waals surface area contributed by atoms with Crippen LogP contribution in [0.25, 0.3) is 21.0 Å². The van der Waals surface area contributed by atoms with Gasteiger partial charge in [-0.1, -0.05) is 50.1 Å². The Labute approximate surface area is 190 Å². The molecule has 2 aromatic carbocycles. The highest BCUT2D eigenvalue weighted by Crippen LogP contribution is 2.37. The Morgan fingerprint density at radius 2 is 1.88 bits per heavy atom. The number of likely N-dealkylation sites (tertiary alicyclic amines) is 1. The number of nitrogens with zero attached hydrogens (tertiary/aromatic N) is 4. The highest BCUT2D eigenvalue weighted by Gasteiger charge is 2.34. The molecule has 6 nitrogen and oxygen atoms in total. The molecule has 0 unspecified atom stereocenters. The Balaban J connectivity index is 1.54. The minimum atomic E-state index is -0.127. The van der Waals surface area contributed by atoms with Crippen molar-refractivity contribution in [2.75, 3.05) is 6.54 Å². The van der Waals surface area contributed by atoms with E-state index in [9.17, 15) is 9.59 Å². The Kier molecular flexibility index (Phi) is 5.74. The van der Waals surface area contributed by atoms with Crippen molar-refractivity contribution in [2.45, 2.75) is 51.6 Å². The first-order valence-electron chi connectivity index (χ1n) is 11.3. The molecule has 4 aromatic rings. The van der Waals surface area contributed by atoms with Crippen molar-refractivity contribution >= 4 is 38.2 Å². The summed E-state index contributed by atoms with van der Waals surface area (Å²) in [6.45, 7) is 3.32. The molecule has 1 saturated heterocycles. The molecule has 32 heavy (non-hydrogen) atoms. The summed E-state index contributed by atoms with van der Waals surface area (Å²) in [7, 11) is 0. The van der Waals surface area contributed by atoms with Gasteiger partial charge in [0.05, 0.1) is 21.6 Å². The van der Waals surface area contributed by atoms with Crippen LogP contribution < -0.4 is 5.56 Å². The van der Waals surface area contributed by atoms with Crippen LogP contribution in [0.4, 0.5) is 0 Å². The lowest BCUT2D eigenvalue weighted by atomic mass is 10.1. The second-order valence-electron chi connectivity index (χ2n) is 8.31. The third-order valence-electron chi connectivity index (χ3n) is 6.15. The average molecular weight is 447 g/mol. The lowest BCUT2D eigenvalue weighted by molar-refractivity contribution is 0.0729. The number of aryl methyl sites for hydroxylation is 1. The molecule has 0 bridgehead atoms. The van der Waals surface area contributed by atoms with Crippen molar-refractivity contribution in [1.29, 1.82) is 0 Å². The maximum atomic E-state index is 13.8. The molecule has 1 fully saturated rings. The van der Waals surface area contributed by atoms with Crippen LogP contribution in [-0.4, -0.2) is 32.1 Å². The van der Waals surface area contributed by atoms with Crippen molar-refractivity contribution in [3.63, 3.8) is 0 Å². The van der Waals surface area contributed by atoms with Crippen molar-refractivity contribution < 1.29 is 4.79 Å². The van der Waals surface area contributed by atoms with E-state index in [1.54, 1.807) is 17.4 Å². The molecular formula is C25H26N4O2S. The minimum Gasteiger partial charge on any atom is -0.328 e. The number of unbranched alkanes of at least 4 members (excludes halogenated alkanes) is 2. The van der Waals surface area contributed by atoms with Gasteiger partial charge in [0.15, 0.2) is 5.69 Å². The summed E-state index contributed by atoms with van der Waals surface area (Å²) >= 11 is 1.65. The molecule has 3 heterocycles. The standard InChI is InChI=1S/C25H26N4O2S/c1-2-3-8-16-29-24(30)18-11-5-4-10-17(18)22(27-29)25(31)28-15-9-13-20(28)23-26-19-12-6-7-14-21(19)32-23/h4-7,10-12,14,20H,2-3,8-9,13,15-16H2,1H3/t20-/m0/s1. The van der Waals surface area contributed by atoms with E-state index < -0.39 is 0 Å². The molecule has 7 heteroatoms. The van der Waals surface area contributed by atoms with Gasteiger partial charge in [-0.2, -0.15) is 5.10 Å². The fraction of sp³-hybridized carbons (Fsp3) is 0.360. The molecule has 0 aliphatic carbocycles. The largest absolute Gasteiger partial charge is 0.328 e. The SMILES string of the molecule is CCCCCn1nc(C(=O)N2CCC[C@H]2c2nc3ccccc3s2)c2ccccc2c1=O. The van der Waals surface area contributed by atoms with Gasteiger partial charge < -0.3 is 4.90 Å². The van der Waals surface area contributed by atoms with E-state index in [1.807, 2.05) is 41.3 Å². The van der Waals surface area contributed by atoms with Crippen LogP contribution in [-0.2, 0) is 6.54 Å². The molecule has 0 spiro atoms. The summed E-state index contributed by atoms with van der Waals surface area (Å²) in [4.78, 5) is 33.5. The summed E-state index contributed by atoms with van der Waals surface area (Å²) in [6.07, 6.45) is 4.77. The number of fused-ring (bicyclic) bond motifs is 2. The maximum Gasteiger partial charge on any atom is 0.275 e. The molecule has 1 amide bonds. The van der Waals surface area contributed by atoms with E-state index >= 15 is 0 Å². The summed E-state index contributed by atoms with van der Waals surface area (Å²) < 4.78 is 2.61. The number of hydrogen-bond donors (Lipinski definition) is 0. The first-order chi connectivity index (χ1) is 15.7. The zero-order valence-electron chi connectivity index (χ0n) is 18.2. The Morgan fingerprint density at radius 3 is 2.69 bits per heavy atom. The fourth-order valence-electron chi connectivity index (χ4n) is 4.49. The van der Waals surface area contributed by atoms with Crippen LogP contribution in [0, 0.1) is 0 Å². The molecule has 5 rings (SSSR count). The second-order valence-corrected chi connectivity index (χ2v) is 9.37. The molecule has 0 saturated carbocycles. The molecule has 0 radical (unpaired) electrons. The zero-order chi connectivity index (χ0) is 22.1. The van der Waals surface area contributed by atoms with E-state index in [1.165, 1.54) is 4.68 Å². The van der Waals surface area contributed by atoms with E-state index in [0.29, 0.717) is 29.6 Å². The van der Waals surface area contributed by atoms with Crippen LogP contribution in [0.3, 0.4) is 0 Å². The maximum absolute atomic E-state index is 13.8. The highest BCUT2D eigenvalue weighted by molar-refractivity contribution is 7.18. The first kappa shape index (κ1) is 20.8. The molecule has 1 aliphatic heterocycles. The molecule has 1 aliphatic rings. The number of amides is 1. The number of carbonyl (C=O) groups excluding carboxylic acids is 1. The quantitative estimate of drug-likeness (QED) is 0.383. The second kappa shape index (κ2) is 8.82. The third-order valence-corrected chi connectivity index (χ3v) is 7.29. The van der Waals surface area contributed by atoms with Crippen LogP contribution in [0.2, 0.25) is 0 Å². The number of benzene rings is 2. The van der Waals surface area contributed by atoms with E-state index in [0.717, 1.165) is 47.3 Å². The minimum absolute atomic E-state index is 0.0547.